The maximum absolute atomic E-state index is 12.6. The monoisotopic (exact) mass is 328 g/mol. The molecule has 23 heavy (non-hydrogen) atoms. The molecule has 124 valence electrons. The second-order valence-corrected chi connectivity index (χ2v) is 5.66. The highest BCUT2D eigenvalue weighted by Crippen LogP contribution is 2.31. The van der Waals surface area contributed by atoms with Crippen molar-refractivity contribution >= 4 is 11.8 Å². The van der Waals surface area contributed by atoms with E-state index in [9.17, 15) is 22.8 Å². The van der Waals surface area contributed by atoms with E-state index < -0.39 is 23.6 Å². The third kappa shape index (κ3) is 3.43. The molecule has 1 saturated carbocycles. The number of piperazine rings is 1. The number of aromatic nitrogens is 2. The van der Waals surface area contributed by atoms with Gasteiger partial charge in [0.15, 0.2) is 0 Å². The number of nitrogens with zero attached hydrogens (tertiary/aromatic N) is 4. The molecule has 3 rings (SSSR count). The maximum Gasteiger partial charge on any atom is 0.433 e. The second-order valence-electron chi connectivity index (χ2n) is 5.66. The zero-order chi connectivity index (χ0) is 16.6. The average Bonchev–Trinajstić information content (AvgIpc) is 3.38. The molecule has 1 aliphatic heterocycles. The number of carbonyl (C=O) groups excluding carboxylic acids is 2. The topological polar surface area (TPSA) is 66.4 Å². The molecule has 6 nitrogen and oxygen atoms in total. The molecule has 0 radical (unpaired) electrons. The van der Waals surface area contributed by atoms with Crippen LogP contribution in [0.4, 0.5) is 13.2 Å². The lowest BCUT2D eigenvalue weighted by Gasteiger charge is -2.34. The summed E-state index contributed by atoms with van der Waals surface area (Å²) in [5.74, 6) is -0.895. The molecule has 2 amide bonds. The summed E-state index contributed by atoms with van der Waals surface area (Å²) in [5, 5.41) is 0. The Hall–Kier alpha value is -2.19. The van der Waals surface area contributed by atoms with E-state index in [-0.39, 0.29) is 24.9 Å². The Morgan fingerprint density at radius 1 is 1.09 bits per heavy atom. The van der Waals surface area contributed by atoms with Gasteiger partial charge >= 0.3 is 6.18 Å². The van der Waals surface area contributed by atoms with Gasteiger partial charge in [0.1, 0.15) is 5.69 Å². The van der Waals surface area contributed by atoms with Crippen molar-refractivity contribution in [1.82, 2.24) is 19.8 Å². The number of alkyl halides is 3. The molecular weight excluding hydrogens is 313 g/mol. The Labute approximate surface area is 130 Å². The summed E-state index contributed by atoms with van der Waals surface area (Å²) in [6, 6.07) is 0.725. The summed E-state index contributed by atoms with van der Waals surface area (Å²) in [5.41, 5.74) is -1.14. The molecule has 0 N–H and O–H groups in total. The van der Waals surface area contributed by atoms with Crippen LogP contribution in [0.15, 0.2) is 12.3 Å². The highest BCUT2D eigenvalue weighted by Gasteiger charge is 2.36. The zero-order valence-electron chi connectivity index (χ0n) is 12.2. The van der Waals surface area contributed by atoms with E-state index in [0.717, 1.165) is 25.1 Å². The van der Waals surface area contributed by atoms with Gasteiger partial charge in [0, 0.05) is 38.3 Å². The number of halogens is 3. The fraction of sp³-hybridized carbons (Fsp3) is 0.571. The predicted octanol–water partition coefficient (Wildman–Crippen LogP) is 1.19. The minimum absolute atomic E-state index is 0.104. The fourth-order valence-electron chi connectivity index (χ4n) is 2.48. The first-order valence-electron chi connectivity index (χ1n) is 7.34. The Balaban J connectivity index is 1.64. The molecular formula is C14H15F3N4O2. The fourth-order valence-corrected chi connectivity index (χ4v) is 2.48. The smallest absolute Gasteiger partial charge is 0.339 e. The molecule has 9 heteroatoms. The van der Waals surface area contributed by atoms with Crippen LogP contribution in [0.25, 0.3) is 0 Å². The summed E-state index contributed by atoms with van der Waals surface area (Å²) in [7, 11) is 0. The predicted molar refractivity (Wildman–Crippen MR) is 72.2 cm³/mol. The van der Waals surface area contributed by atoms with Crippen molar-refractivity contribution in [2.24, 2.45) is 5.92 Å². The zero-order valence-corrected chi connectivity index (χ0v) is 12.2. The first-order valence-corrected chi connectivity index (χ1v) is 7.34. The van der Waals surface area contributed by atoms with E-state index in [2.05, 4.69) is 9.97 Å². The van der Waals surface area contributed by atoms with Crippen LogP contribution in [0.3, 0.4) is 0 Å². The molecule has 0 atom stereocenters. The van der Waals surface area contributed by atoms with Crippen molar-refractivity contribution in [2.75, 3.05) is 26.2 Å². The summed E-state index contributed by atoms with van der Waals surface area (Å²) in [4.78, 5) is 34.2. The Bertz CT molecular complexity index is 623. The molecule has 0 spiro atoms. The van der Waals surface area contributed by atoms with Crippen LogP contribution in [-0.2, 0) is 11.0 Å². The molecule has 2 aliphatic rings. The summed E-state index contributed by atoms with van der Waals surface area (Å²) in [6.45, 7) is 1.33. The lowest BCUT2D eigenvalue weighted by atomic mass is 10.2. The lowest BCUT2D eigenvalue weighted by molar-refractivity contribution is -0.141. The van der Waals surface area contributed by atoms with Crippen molar-refractivity contribution < 1.29 is 22.8 Å². The number of hydrogen-bond donors (Lipinski definition) is 0. The minimum atomic E-state index is -4.62. The van der Waals surface area contributed by atoms with Gasteiger partial charge in [0.2, 0.25) is 11.7 Å². The van der Waals surface area contributed by atoms with Crippen molar-refractivity contribution in [1.29, 1.82) is 0 Å². The Morgan fingerprint density at radius 3 is 2.26 bits per heavy atom. The van der Waals surface area contributed by atoms with Crippen molar-refractivity contribution in [3.63, 3.8) is 0 Å². The van der Waals surface area contributed by atoms with Crippen LogP contribution >= 0.6 is 0 Å². The van der Waals surface area contributed by atoms with Crippen LogP contribution in [0.1, 0.15) is 29.2 Å². The average molecular weight is 328 g/mol. The second kappa shape index (κ2) is 5.78. The first kappa shape index (κ1) is 15.7. The number of carbonyl (C=O) groups is 2. The number of amides is 2. The maximum atomic E-state index is 12.6. The SMILES string of the molecule is O=C(c1nccc(C(F)(F)F)n1)N1CCN(C(=O)C2CC2)CC1. The number of rotatable bonds is 2. The van der Waals surface area contributed by atoms with Crippen LogP contribution < -0.4 is 0 Å². The molecule has 0 bridgehead atoms. The molecule has 1 aromatic rings. The Morgan fingerprint density at radius 2 is 1.70 bits per heavy atom. The van der Waals surface area contributed by atoms with Crippen LogP contribution in [0.2, 0.25) is 0 Å². The van der Waals surface area contributed by atoms with Gasteiger partial charge in [-0.1, -0.05) is 0 Å². The summed E-state index contributed by atoms with van der Waals surface area (Å²) in [6.07, 6.45) is -1.87. The van der Waals surface area contributed by atoms with E-state index in [1.54, 1.807) is 4.90 Å². The van der Waals surface area contributed by atoms with E-state index in [0.29, 0.717) is 13.1 Å². The van der Waals surface area contributed by atoms with Crippen LogP contribution in [0, 0.1) is 5.92 Å². The van der Waals surface area contributed by atoms with Crippen molar-refractivity contribution in [3.8, 4) is 0 Å². The molecule has 1 aromatic heterocycles. The minimum Gasteiger partial charge on any atom is -0.339 e. The van der Waals surface area contributed by atoms with E-state index >= 15 is 0 Å². The molecule has 1 saturated heterocycles. The molecule has 2 heterocycles. The molecule has 0 aromatic carbocycles. The van der Waals surface area contributed by atoms with E-state index in [1.165, 1.54) is 4.90 Å². The lowest BCUT2D eigenvalue weighted by Crippen LogP contribution is -2.51. The van der Waals surface area contributed by atoms with Crippen molar-refractivity contribution in [3.05, 3.63) is 23.8 Å². The van der Waals surface area contributed by atoms with Gasteiger partial charge in [0.05, 0.1) is 0 Å². The van der Waals surface area contributed by atoms with Crippen LogP contribution in [0.5, 0.6) is 0 Å². The number of hydrogen-bond acceptors (Lipinski definition) is 4. The third-order valence-corrected chi connectivity index (χ3v) is 3.94. The standard InChI is InChI=1S/C14H15F3N4O2/c15-14(16,17)10-3-4-18-11(19-10)13(23)21-7-5-20(6-8-21)12(22)9-1-2-9/h3-4,9H,1-2,5-8H2. The van der Waals surface area contributed by atoms with Gasteiger partial charge in [-0.25, -0.2) is 9.97 Å². The van der Waals surface area contributed by atoms with Crippen LogP contribution in [-0.4, -0.2) is 57.8 Å². The van der Waals surface area contributed by atoms with E-state index in [4.69, 9.17) is 0 Å². The Kier molecular flexibility index (Phi) is 3.95. The molecule has 0 unspecified atom stereocenters. The first-order chi connectivity index (χ1) is 10.9. The summed E-state index contributed by atoms with van der Waals surface area (Å²) < 4.78 is 37.9. The quantitative estimate of drug-likeness (QED) is 0.818. The van der Waals surface area contributed by atoms with Gasteiger partial charge < -0.3 is 9.80 Å². The highest BCUT2D eigenvalue weighted by atomic mass is 19.4. The van der Waals surface area contributed by atoms with Gasteiger partial charge in [-0.15, -0.1) is 0 Å². The highest BCUT2D eigenvalue weighted by molar-refractivity contribution is 5.90. The normalized spacial score (nSPS) is 18.9. The molecule has 1 aliphatic carbocycles. The molecule has 2 fully saturated rings. The van der Waals surface area contributed by atoms with Gasteiger partial charge in [-0.2, -0.15) is 13.2 Å². The van der Waals surface area contributed by atoms with Gasteiger partial charge in [-0.05, 0) is 18.9 Å². The largest absolute Gasteiger partial charge is 0.433 e. The third-order valence-electron chi connectivity index (χ3n) is 3.94. The van der Waals surface area contributed by atoms with Gasteiger partial charge in [0.25, 0.3) is 5.91 Å². The van der Waals surface area contributed by atoms with Gasteiger partial charge in [-0.3, -0.25) is 9.59 Å². The summed E-state index contributed by atoms with van der Waals surface area (Å²) >= 11 is 0. The van der Waals surface area contributed by atoms with E-state index in [1.807, 2.05) is 0 Å². The van der Waals surface area contributed by atoms with Crippen molar-refractivity contribution in [2.45, 2.75) is 19.0 Å².